The van der Waals surface area contributed by atoms with Gasteiger partial charge < -0.3 is 9.67 Å². The van der Waals surface area contributed by atoms with E-state index in [1.54, 1.807) is 0 Å². The third kappa shape index (κ3) is 0.980. The molecule has 1 heterocycles. The van der Waals surface area contributed by atoms with Crippen molar-refractivity contribution in [3.8, 4) is 0 Å². The quantitative estimate of drug-likeness (QED) is 0.590. The Morgan fingerprint density at radius 2 is 2.33 bits per heavy atom. The number of aliphatic hydroxyl groups is 1. The largest absolute Gasteiger partial charge is 0.390 e. The number of hydrogen-bond donors (Lipinski definition) is 1. The summed E-state index contributed by atoms with van der Waals surface area (Å²) in [5.74, 6) is 0. The summed E-state index contributed by atoms with van der Waals surface area (Å²) in [6.45, 7) is 2.13. The first kappa shape index (κ1) is 6.36. The maximum Gasteiger partial charge on any atom is 0.0835 e. The molecule has 9 heavy (non-hydrogen) atoms. The molecule has 0 aliphatic rings. The summed E-state index contributed by atoms with van der Waals surface area (Å²) in [5, 5.41) is 8.77. The molecule has 1 rings (SSSR count). The molecule has 0 saturated carbocycles. The molecule has 0 unspecified atom stereocenters. The smallest absolute Gasteiger partial charge is 0.0835 e. The molecule has 0 aliphatic heterocycles. The van der Waals surface area contributed by atoms with Crippen molar-refractivity contribution in [3.63, 3.8) is 0 Å². The Labute approximate surface area is 54.7 Å². The lowest BCUT2D eigenvalue weighted by molar-refractivity contribution is 0.272. The van der Waals surface area contributed by atoms with Crippen LogP contribution in [0, 0.1) is 6.92 Å². The van der Waals surface area contributed by atoms with Gasteiger partial charge in [-0.25, -0.2) is 0 Å². The molecule has 0 atom stereocenters. The molecule has 0 spiro atoms. The van der Waals surface area contributed by atoms with E-state index in [2.05, 4.69) is 0 Å². The Balaban J connectivity index is 3.07. The van der Waals surface area contributed by atoms with Gasteiger partial charge in [0.2, 0.25) is 0 Å². The average molecular weight is 125 g/mol. The zero-order chi connectivity index (χ0) is 6.85. The Kier molecular flexibility index (Phi) is 1.58. The molecule has 2 heteroatoms. The van der Waals surface area contributed by atoms with E-state index in [0.717, 1.165) is 11.3 Å². The van der Waals surface area contributed by atoms with Gasteiger partial charge in [-0.05, 0) is 18.6 Å². The molecule has 0 amide bonds. The minimum absolute atomic E-state index is 0.134. The molecule has 1 N–H and O–H groups in total. The monoisotopic (exact) mass is 125 g/mol. The van der Waals surface area contributed by atoms with Crippen LogP contribution in [0.15, 0.2) is 12.3 Å². The van der Waals surface area contributed by atoms with Crippen molar-refractivity contribution in [1.82, 2.24) is 4.57 Å². The van der Waals surface area contributed by atoms with Gasteiger partial charge in [-0.3, -0.25) is 0 Å². The minimum Gasteiger partial charge on any atom is -0.390 e. The van der Waals surface area contributed by atoms with E-state index >= 15 is 0 Å². The summed E-state index contributed by atoms with van der Waals surface area (Å²) >= 11 is 0. The van der Waals surface area contributed by atoms with Gasteiger partial charge in [-0.1, -0.05) is 0 Å². The van der Waals surface area contributed by atoms with Crippen LogP contribution >= 0.6 is 0 Å². The molecule has 0 saturated heterocycles. The summed E-state index contributed by atoms with van der Waals surface area (Å²) < 4.78 is 1.93. The van der Waals surface area contributed by atoms with Crippen LogP contribution in [-0.4, -0.2) is 9.67 Å². The van der Waals surface area contributed by atoms with Gasteiger partial charge in [-0.2, -0.15) is 0 Å². The second kappa shape index (κ2) is 2.23. The predicted molar refractivity (Wildman–Crippen MR) is 36.1 cm³/mol. The van der Waals surface area contributed by atoms with Gasteiger partial charge in [0, 0.05) is 18.9 Å². The van der Waals surface area contributed by atoms with Crippen LogP contribution in [0.5, 0.6) is 0 Å². The van der Waals surface area contributed by atoms with Crippen molar-refractivity contribution in [3.05, 3.63) is 23.5 Å². The van der Waals surface area contributed by atoms with Crippen LogP contribution in [0.4, 0.5) is 0 Å². The Morgan fingerprint density at radius 3 is 2.56 bits per heavy atom. The molecular weight excluding hydrogens is 114 g/mol. The third-order valence-corrected chi connectivity index (χ3v) is 1.58. The predicted octanol–water partition coefficient (Wildman–Crippen LogP) is 0.826. The lowest BCUT2D eigenvalue weighted by atomic mass is 10.3. The highest BCUT2D eigenvalue weighted by Crippen LogP contribution is 2.06. The molecule has 1 aromatic rings. The van der Waals surface area contributed by atoms with Crippen LogP contribution in [-0.2, 0) is 13.7 Å². The van der Waals surface area contributed by atoms with E-state index in [9.17, 15) is 0 Å². The first-order chi connectivity index (χ1) is 4.25. The summed E-state index contributed by atoms with van der Waals surface area (Å²) in [6.07, 6.45) is 1.95. The lowest BCUT2D eigenvalue weighted by Crippen LogP contribution is -1.95. The van der Waals surface area contributed by atoms with E-state index in [-0.39, 0.29) is 6.61 Å². The first-order valence-corrected chi connectivity index (χ1v) is 2.97. The second-order valence-corrected chi connectivity index (χ2v) is 2.21. The van der Waals surface area contributed by atoms with Crippen molar-refractivity contribution in [1.29, 1.82) is 0 Å². The number of rotatable bonds is 1. The number of nitrogens with zero attached hydrogens (tertiary/aromatic N) is 1. The second-order valence-electron chi connectivity index (χ2n) is 2.21. The SMILES string of the molecule is Cc1ccn(C)c1CO. The fourth-order valence-corrected chi connectivity index (χ4v) is 0.924. The highest BCUT2D eigenvalue weighted by Gasteiger charge is 1.98. The van der Waals surface area contributed by atoms with Crippen molar-refractivity contribution in [2.75, 3.05) is 0 Å². The van der Waals surface area contributed by atoms with Gasteiger partial charge in [0.15, 0.2) is 0 Å². The van der Waals surface area contributed by atoms with Crippen molar-refractivity contribution in [2.45, 2.75) is 13.5 Å². The van der Waals surface area contributed by atoms with Crippen LogP contribution < -0.4 is 0 Å². The maximum atomic E-state index is 8.77. The Bertz CT molecular complexity index is 183. The van der Waals surface area contributed by atoms with Gasteiger partial charge in [0.25, 0.3) is 0 Å². The first-order valence-electron chi connectivity index (χ1n) is 2.97. The van der Waals surface area contributed by atoms with Gasteiger partial charge in [0.1, 0.15) is 0 Å². The number of aromatic nitrogens is 1. The topological polar surface area (TPSA) is 25.2 Å². The molecule has 50 valence electrons. The Morgan fingerprint density at radius 1 is 1.67 bits per heavy atom. The fraction of sp³-hybridized carbons (Fsp3) is 0.429. The van der Waals surface area contributed by atoms with Gasteiger partial charge in [0.05, 0.1) is 6.61 Å². The number of hydrogen-bond acceptors (Lipinski definition) is 1. The van der Waals surface area contributed by atoms with Crippen LogP contribution in [0.25, 0.3) is 0 Å². The average Bonchev–Trinajstić information content (AvgIpc) is 2.12. The zero-order valence-corrected chi connectivity index (χ0v) is 5.76. The van der Waals surface area contributed by atoms with E-state index in [1.807, 2.05) is 30.8 Å². The molecule has 2 nitrogen and oxygen atoms in total. The molecule has 1 aromatic heterocycles. The van der Waals surface area contributed by atoms with Gasteiger partial charge in [-0.15, -0.1) is 0 Å². The van der Waals surface area contributed by atoms with Crippen LogP contribution in [0.1, 0.15) is 11.3 Å². The lowest BCUT2D eigenvalue weighted by Gasteiger charge is -1.98. The summed E-state index contributed by atoms with van der Waals surface area (Å²) in [7, 11) is 1.93. The molecule has 0 aliphatic carbocycles. The fourth-order valence-electron chi connectivity index (χ4n) is 0.924. The van der Waals surface area contributed by atoms with Gasteiger partial charge >= 0.3 is 0 Å². The van der Waals surface area contributed by atoms with Crippen LogP contribution in [0.2, 0.25) is 0 Å². The highest BCUT2D eigenvalue weighted by atomic mass is 16.3. The van der Waals surface area contributed by atoms with E-state index in [4.69, 9.17) is 5.11 Å². The highest BCUT2D eigenvalue weighted by molar-refractivity contribution is 5.19. The summed E-state index contributed by atoms with van der Waals surface area (Å²) in [6, 6.07) is 1.99. The maximum absolute atomic E-state index is 8.77. The summed E-state index contributed by atoms with van der Waals surface area (Å²) in [5.41, 5.74) is 2.15. The van der Waals surface area contributed by atoms with Crippen molar-refractivity contribution >= 4 is 0 Å². The van der Waals surface area contributed by atoms with Crippen molar-refractivity contribution < 1.29 is 5.11 Å². The molecular formula is C7H11NO. The molecule has 0 radical (unpaired) electrons. The standard InChI is InChI=1S/C7H11NO/c1-6-3-4-8(2)7(6)5-9/h3-4,9H,5H2,1-2H3. The van der Waals surface area contributed by atoms with Crippen LogP contribution in [0.3, 0.4) is 0 Å². The normalized spacial score (nSPS) is 10.1. The number of aryl methyl sites for hydroxylation is 2. The van der Waals surface area contributed by atoms with Crippen molar-refractivity contribution in [2.24, 2.45) is 7.05 Å². The van der Waals surface area contributed by atoms with E-state index < -0.39 is 0 Å². The summed E-state index contributed by atoms with van der Waals surface area (Å²) in [4.78, 5) is 0. The van der Waals surface area contributed by atoms with E-state index in [0.29, 0.717) is 0 Å². The molecule has 0 aromatic carbocycles. The van der Waals surface area contributed by atoms with E-state index in [1.165, 1.54) is 0 Å². The number of aliphatic hydroxyl groups excluding tert-OH is 1. The molecule has 0 bridgehead atoms. The Hall–Kier alpha value is -0.760. The zero-order valence-electron chi connectivity index (χ0n) is 5.76. The minimum atomic E-state index is 0.134. The third-order valence-electron chi connectivity index (χ3n) is 1.58. The molecule has 0 fully saturated rings.